The Morgan fingerprint density at radius 3 is 2.45 bits per heavy atom. The summed E-state index contributed by atoms with van der Waals surface area (Å²) in [6, 6.07) is 0. The van der Waals surface area contributed by atoms with Crippen LogP contribution in [-0.2, 0) is 17.4 Å². The third-order valence-electron chi connectivity index (χ3n) is 3.26. The highest BCUT2D eigenvalue weighted by atomic mass is 19.4. The van der Waals surface area contributed by atoms with E-state index in [9.17, 15) is 23.1 Å². The minimum Gasteiger partial charge on any atom is -0.374 e. The lowest BCUT2D eigenvalue weighted by Gasteiger charge is -2.31. The summed E-state index contributed by atoms with van der Waals surface area (Å²) < 4.78 is 41.1. The number of hydrogen-bond donors (Lipinski definition) is 1. The lowest BCUT2D eigenvalue weighted by Crippen LogP contribution is -2.48. The Bertz CT molecular complexity index is 554. The van der Waals surface area contributed by atoms with Crippen LogP contribution in [0.2, 0.25) is 0 Å². The molecule has 1 aromatic heterocycles. The number of nitrogens with zero attached hydrogens (tertiary/aromatic N) is 3. The average Bonchev–Trinajstić information content (AvgIpc) is 2.80. The second-order valence-electron chi connectivity index (χ2n) is 5.26. The fourth-order valence-corrected chi connectivity index (χ4v) is 2.10. The first-order chi connectivity index (χ1) is 10.0. The summed E-state index contributed by atoms with van der Waals surface area (Å²) in [7, 11) is 1.33. The van der Waals surface area contributed by atoms with Crippen LogP contribution >= 0.6 is 0 Å². The number of amides is 1. The first-order valence-corrected chi connectivity index (χ1v) is 6.72. The molecule has 0 aliphatic rings. The molecule has 0 bridgehead atoms. The smallest absolute Gasteiger partial charge is 0.374 e. The first kappa shape index (κ1) is 18.2. The number of halogens is 3. The molecular weight excluding hydrogens is 299 g/mol. The quantitative estimate of drug-likeness (QED) is 0.816. The second-order valence-corrected chi connectivity index (χ2v) is 5.26. The Kier molecular flexibility index (Phi) is 5.39. The number of imidazole rings is 1. The number of aromatic nitrogens is 2. The Morgan fingerprint density at radius 1 is 1.50 bits per heavy atom. The van der Waals surface area contributed by atoms with Gasteiger partial charge in [-0.2, -0.15) is 13.2 Å². The van der Waals surface area contributed by atoms with Crippen LogP contribution in [0.5, 0.6) is 0 Å². The van der Waals surface area contributed by atoms with Gasteiger partial charge in [-0.3, -0.25) is 4.79 Å². The zero-order valence-corrected chi connectivity index (χ0v) is 12.8. The molecule has 0 saturated carbocycles. The molecule has 22 heavy (non-hydrogen) atoms. The molecule has 1 atom stereocenters. The van der Waals surface area contributed by atoms with Crippen LogP contribution in [0.4, 0.5) is 13.2 Å². The van der Waals surface area contributed by atoms with Crippen molar-refractivity contribution >= 4 is 5.91 Å². The summed E-state index contributed by atoms with van der Waals surface area (Å²) in [5.41, 5.74) is -2.69. The normalized spacial score (nSPS) is 14.5. The molecule has 1 amide bonds. The van der Waals surface area contributed by atoms with Crippen LogP contribution in [0.15, 0.2) is 24.5 Å². The molecule has 1 aromatic rings. The van der Waals surface area contributed by atoms with Gasteiger partial charge >= 0.3 is 6.18 Å². The fraction of sp³-hybridized carbons (Fsp3) is 0.571. The highest BCUT2D eigenvalue weighted by Crippen LogP contribution is 2.41. The lowest BCUT2D eigenvalue weighted by molar-refractivity contribution is -0.271. The van der Waals surface area contributed by atoms with Crippen molar-refractivity contribution in [1.29, 1.82) is 0 Å². The second kappa shape index (κ2) is 6.51. The average molecular weight is 319 g/mol. The Hall–Kier alpha value is -1.83. The van der Waals surface area contributed by atoms with Gasteiger partial charge in [0.15, 0.2) is 5.82 Å². The Morgan fingerprint density at radius 2 is 2.09 bits per heavy atom. The molecule has 0 saturated heterocycles. The SMILES string of the molecule is C=C(C)CN(CC)C(=O)CC(O)(c1nccn1C)C(F)(F)F. The largest absolute Gasteiger partial charge is 0.425 e. The molecule has 8 heteroatoms. The van der Waals surface area contributed by atoms with Crippen LogP contribution in [0.25, 0.3) is 0 Å². The summed E-state index contributed by atoms with van der Waals surface area (Å²) in [5, 5.41) is 10.2. The number of carbonyl (C=O) groups excluding carboxylic acids is 1. The number of carbonyl (C=O) groups is 1. The van der Waals surface area contributed by atoms with Gasteiger partial charge in [-0.25, -0.2) is 4.98 Å². The van der Waals surface area contributed by atoms with E-state index in [4.69, 9.17) is 0 Å². The third kappa shape index (κ3) is 3.68. The predicted molar refractivity (Wildman–Crippen MR) is 74.8 cm³/mol. The molecule has 1 heterocycles. The number of hydrogen-bond acceptors (Lipinski definition) is 3. The maximum atomic E-state index is 13.3. The van der Waals surface area contributed by atoms with Crippen molar-refractivity contribution < 1.29 is 23.1 Å². The minimum atomic E-state index is -5.02. The van der Waals surface area contributed by atoms with Gasteiger partial charge in [-0.05, 0) is 13.8 Å². The van der Waals surface area contributed by atoms with E-state index >= 15 is 0 Å². The van der Waals surface area contributed by atoms with E-state index in [1.807, 2.05) is 0 Å². The molecule has 0 spiro atoms. The van der Waals surface area contributed by atoms with Gasteiger partial charge < -0.3 is 14.6 Å². The van der Waals surface area contributed by atoms with Crippen molar-refractivity contribution in [2.45, 2.75) is 32.0 Å². The molecule has 0 fully saturated rings. The third-order valence-corrected chi connectivity index (χ3v) is 3.26. The van der Waals surface area contributed by atoms with Crippen LogP contribution in [0.1, 0.15) is 26.1 Å². The van der Waals surface area contributed by atoms with Gasteiger partial charge in [0, 0.05) is 32.5 Å². The summed E-state index contributed by atoms with van der Waals surface area (Å²) in [6.07, 6.45) is -3.73. The van der Waals surface area contributed by atoms with Crippen molar-refractivity contribution in [2.24, 2.45) is 7.05 Å². The van der Waals surface area contributed by atoms with E-state index in [1.165, 1.54) is 18.1 Å². The van der Waals surface area contributed by atoms with Gasteiger partial charge in [-0.1, -0.05) is 12.2 Å². The highest BCUT2D eigenvalue weighted by Gasteiger charge is 2.58. The monoisotopic (exact) mass is 319 g/mol. The van der Waals surface area contributed by atoms with Crippen LogP contribution < -0.4 is 0 Å². The number of aryl methyl sites for hydroxylation is 1. The molecule has 1 unspecified atom stereocenters. The standard InChI is InChI=1S/C14H20F3N3O2/c1-5-20(9-10(2)3)11(21)8-13(22,14(15,16)17)12-18-6-7-19(12)4/h6-7,22H,2,5,8-9H2,1,3-4H3. The molecule has 1 N–H and O–H groups in total. The molecule has 0 aromatic carbocycles. The highest BCUT2D eigenvalue weighted by molar-refractivity contribution is 5.77. The van der Waals surface area contributed by atoms with Gasteiger partial charge in [0.2, 0.25) is 11.5 Å². The van der Waals surface area contributed by atoms with Gasteiger partial charge in [0.1, 0.15) is 0 Å². The van der Waals surface area contributed by atoms with Crippen molar-refractivity contribution in [1.82, 2.24) is 14.5 Å². The van der Waals surface area contributed by atoms with Gasteiger partial charge in [0.05, 0.1) is 6.42 Å². The minimum absolute atomic E-state index is 0.143. The summed E-state index contributed by atoms with van der Waals surface area (Å²) in [5.74, 6) is -1.42. The molecular formula is C14H20F3N3O2. The zero-order valence-electron chi connectivity index (χ0n) is 12.8. The summed E-state index contributed by atoms with van der Waals surface area (Å²) in [6.45, 7) is 7.32. The van der Waals surface area contributed by atoms with Crippen LogP contribution in [0, 0.1) is 0 Å². The van der Waals surface area contributed by atoms with E-state index in [0.29, 0.717) is 5.57 Å². The summed E-state index contributed by atoms with van der Waals surface area (Å²) in [4.78, 5) is 16.9. The molecule has 0 aliphatic heterocycles. The van der Waals surface area contributed by atoms with E-state index in [2.05, 4.69) is 11.6 Å². The first-order valence-electron chi connectivity index (χ1n) is 6.72. The number of alkyl halides is 3. The summed E-state index contributed by atoms with van der Waals surface area (Å²) >= 11 is 0. The van der Waals surface area contributed by atoms with Crippen LogP contribution in [-0.4, -0.2) is 44.7 Å². The Balaban J connectivity index is 3.13. The number of aliphatic hydroxyl groups is 1. The Labute approximate surface area is 127 Å². The fourth-order valence-electron chi connectivity index (χ4n) is 2.10. The molecule has 0 aliphatic carbocycles. The maximum Gasteiger partial charge on any atom is 0.425 e. The lowest BCUT2D eigenvalue weighted by atomic mass is 9.96. The zero-order chi connectivity index (χ0) is 17.1. The predicted octanol–water partition coefficient (Wildman–Crippen LogP) is 1.98. The van der Waals surface area contributed by atoms with E-state index in [0.717, 1.165) is 10.8 Å². The molecule has 1 rings (SSSR count). The molecule has 0 radical (unpaired) electrons. The topological polar surface area (TPSA) is 58.4 Å². The number of rotatable bonds is 6. The van der Waals surface area contributed by atoms with E-state index in [-0.39, 0.29) is 13.1 Å². The van der Waals surface area contributed by atoms with Gasteiger partial charge in [0.25, 0.3) is 0 Å². The molecule has 5 nitrogen and oxygen atoms in total. The number of likely N-dealkylation sites (N-methyl/N-ethyl adjacent to an activating group) is 1. The molecule has 124 valence electrons. The van der Waals surface area contributed by atoms with E-state index in [1.54, 1.807) is 13.8 Å². The van der Waals surface area contributed by atoms with Crippen molar-refractivity contribution in [3.63, 3.8) is 0 Å². The van der Waals surface area contributed by atoms with Crippen LogP contribution in [0.3, 0.4) is 0 Å². The van der Waals surface area contributed by atoms with Crippen molar-refractivity contribution in [3.05, 3.63) is 30.4 Å². The van der Waals surface area contributed by atoms with Crippen molar-refractivity contribution in [2.75, 3.05) is 13.1 Å². The van der Waals surface area contributed by atoms with Crippen molar-refractivity contribution in [3.8, 4) is 0 Å². The van der Waals surface area contributed by atoms with E-state index < -0.39 is 29.9 Å². The van der Waals surface area contributed by atoms with Gasteiger partial charge in [-0.15, -0.1) is 0 Å². The maximum absolute atomic E-state index is 13.3.